The second-order valence-corrected chi connectivity index (χ2v) is 7.64. The Hall–Kier alpha value is -2.46. The number of pyridine rings is 1. The zero-order valence-corrected chi connectivity index (χ0v) is 16.6. The Labute approximate surface area is 168 Å². The Kier molecular flexibility index (Phi) is 8.26. The van der Waals surface area contributed by atoms with Crippen LogP contribution in [0.1, 0.15) is 43.2 Å². The van der Waals surface area contributed by atoms with Crippen LogP contribution in [0.25, 0.3) is 6.08 Å². The molecule has 0 radical (unpaired) electrons. The number of benzene rings is 1. The van der Waals surface area contributed by atoms with Gasteiger partial charge in [0.2, 0.25) is 5.91 Å². The van der Waals surface area contributed by atoms with E-state index in [1.54, 1.807) is 24.5 Å². The number of carbonyl (C=O) groups is 1. The van der Waals surface area contributed by atoms with E-state index in [0.29, 0.717) is 0 Å². The molecule has 4 nitrogen and oxygen atoms in total. The van der Waals surface area contributed by atoms with E-state index >= 15 is 0 Å². The first-order valence-electron chi connectivity index (χ1n) is 10.4. The normalized spacial score (nSPS) is 17.6. The lowest BCUT2D eigenvalue weighted by Crippen LogP contribution is -2.35. The first kappa shape index (κ1) is 20.3. The second-order valence-electron chi connectivity index (χ2n) is 7.64. The van der Waals surface area contributed by atoms with Gasteiger partial charge >= 0.3 is 0 Å². The number of likely N-dealkylation sites (tertiary alicyclic amines) is 1. The van der Waals surface area contributed by atoms with E-state index < -0.39 is 0 Å². The zero-order chi connectivity index (χ0) is 19.4. The summed E-state index contributed by atoms with van der Waals surface area (Å²) >= 11 is 0. The largest absolute Gasteiger partial charge is 0.353 e. The van der Waals surface area contributed by atoms with Gasteiger partial charge in [0, 0.05) is 38.1 Å². The van der Waals surface area contributed by atoms with Crippen molar-refractivity contribution in [3.8, 4) is 0 Å². The highest BCUT2D eigenvalue weighted by Crippen LogP contribution is 2.22. The lowest BCUT2D eigenvalue weighted by Gasteiger charge is -2.32. The van der Waals surface area contributed by atoms with Gasteiger partial charge in [0.05, 0.1) is 0 Å². The Morgan fingerprint density at radius 2 is 2.07 bits per heavy atom. The third-order valence-corrected chi connectivity index (χ3v) is 5.30. The van der Waals surface area contributed by atoms with Gasteiger partial charge in [-0.15, -0.1) is 0 Å². The monoisotopic (exact) mass is 377 g/mol. The van der Waals surface area contributed by atoms with E-state index in [0.717, 1.165) is 31.0 Å². The maximum absolute atomic E-state index is 11.9. The molecule has 1 aromatic heterocycles. The average Bonchev–Trinajstić information content (AvgIpc) is 2.74. The molecule has 1 atom stereocenters. The molecule has 1 aliphatic rings. The summed E-state index contributed by atoms with van der Waals surface area (Å²) in [6.07, 6.45) is 13.0. The van der Waals surface area contributed by atoms with Crippen LogP contribution in [0.4, 0.5) is 0 Å². The summed E-state index contributed by atoms with van der Waals surface area (Å²) < 4.78 is 0. The fourth-order valence-electron chi connectivity index (χ4n) is 3.85. The quantitative estimate of drug-likeness (QED) is 0.524. The summed E-state index contributed by atoms with van der Waals surface area (Å²) in [5, 5.41) is 2.98. The molecule has 28 heavy (non-hydrogen) atoms. The van der Waals surface area contributed by atoms with Crippen LogP contribution in [0.2, 0.25) is 0 Å². The van der Waals surface area contributed by atoms with E-state index in [1.165, 1.54) is 44.3 Å². The molecular formula is C24H31N3O. The van der Waals surface area contributed by atoms with Gasteiger partial charge in [-0.1, -0.05) is 42.8 Å². The number of aromatic nitrogens is 1. The molecule has 148 valence electrons. The maximum atomic E-state index is 11.9. The molecule has 2 aromatic rings. The number of unbranched alkanes of at least 4 members (excludes halogenated alkanes) is 1. The smallest absolute Gasteiger partial charge is 0.243 e. The van der Waals surface area contributed by atoms with Crippen molar-refractivity contribution in [2.75, 3.05) is 19.6 Å². The van der Waals surface area contributed by atoms with E-state index in [4.69, 9.17) is 0 Å². The van der Waals surface area contributed by atoms with Gasteiger partial charge in [-0.3, -0.25) is 14.7 Å². The highest BCUT2D eigenvalue weighted by molar-refractivity contribution is 5.91. The van der Waals surface area contributed by atoms with Crippen LogP contribution in [0, 0.1) is 5.92 Å². The molecule has 4 heteroatoms. The summed E-state index contributed by atoms with van der Waals surface area (Å²) in [7, 11) is 0. The number of nitrogens with one attached hydrogen (secondary N) is 1. The molecule has 2 heterocycles. The van der Waals surface area contributed by atoms with Crippen LogP contribution in [0.15, 0.2) is 60.9 Å². The van der Waals surface area contributed by atoms with E-state index in [1.807, 2.05) is 12.1 Å². The van der Waals surface area contributed by atoms with E-state index in [-0.39, 0.29) is 5.91 Å². The van der Waals surface area contributed by atoms with Gasteiger partial charge < -0.3 is 5.32 Å². The Morgan fingerprint density at radius 1 is 1.18 bits per heavy atom. The van der Waals surface area contributed by atoms with Crippen LogP contribution in [-0.2, 0) is 11.3 Å². The molecule has 3 rings (SSSR count). The van der Waals surface area contributed by atoms with E-state index in [2.05, 4.69) is 45.5 Å². The highest BCUT2D eigenvalue weighted by atomic mass is 16.1. The molecule has 1 aliphatic heterocycles. The molecule has 0 saturated carbocycles. The summed E-state index contributed by atoms with van der Waals surface area (Å²) in [5.74, 6) is 0.759. The van der Waals surface area contributed by atoms with Crippen LogP contribution >= 0.6 is 0 Å². The molecule has 1 saturated heterocycles. The van der Waals surface area contributed by atoms with Crippen LogP contribution in [-0.4, -0.2) is 35.4 Å². The van der Waals surface area contributed by atoms with Crippen molar-refractivity contribution < 1.29 is 4.79 Å². The van der Waals surface area contributed by atoms with Gasteiger partial charge in [0.25, 0.3) is 0 Å². The van der Waals surface area contributed by atoms with Gasteiger partial charge in [0.1, 0.15) is 0 Å². The molecular weight excluding hydrogens is 346 g/mol. The van der Waals surface area contributed by atoms with Gasteiger partial charge in [0.15, 0.2) is 0 Å². The summed E-state index contributed by atoms with van der Waals surface area (Å²) in [4.78, 5) is 18.5. The lowest BCUT2D eigenvalue weighted by atomic mass is 9.92. The highest BCUT2D eigenvalue weighted by Gasteiger charge is 2.19. The standard InChI is InChI=1S/C24H31N3O/c28-24(14-13-21-11-6-15-25-18-21)26-16-5-4-10-23-12-7-17-27(20-23)19-22-8-2-1-3-9-22/h1-3,6,8-9,11,13-15,18,23H,4-5,7,10,12,16-17,19-20H2,(H,26,28). The molecule has 1 aromatic carbocycles. The topological polar surface area (TPSA) is 45.2 Å². The first-order valence-corrected chi connectivity index (χ1v) is 10.4. The molecule has 1 fully saturated rings. The van der Waals surface area contributed by atoms with Crippen molar-refractivity contribution in [3.63, 3.8) is 0 Å². The molecule has 1 amide bonds. The summed E-state index contributed by atoms with van der Waals surface area (Å²) in [6, 6.07) is 14.6. The number of carbonyl (C=O) groups excluding carboxylic acids is 1. The van der Waals surface area contributed by atoms with Crippen LogP contribution in [0.5, 0.6) is 0 Å². The third kappa shape index (κ3) is 7.28. The number of nitrogens with zero attached hydrogens (tertiary/aromatic N) is 2. The van der Waals surface area contributed by atoms with Crippen LogP contribution in [0.3, 0.4) is 0 Å². The zero-order valence-electron chi connectivity index (χ0n) is 16.6. The Balaban J connectivity index is 1.28. The van der Waals surface area contributed by atoms with Crippen molar-refractivity contribution in [1.82, 2.24) is 15.2 Å². The number of hydrogen-bond acceptors (Lipinski definition) is 3. The Bertz CT molecular complexity index is 730. The minimum Gasteiger partial charge on any atom is -0.353 e. The van der Waals surface area contributed by atoms with Crippen molar-refractivity contribution in [3.05, 3.63) is 72.1 Å². The third-order valence-electron chi connectivity index (χ3n) is 5.30. The van der Waals surface area contributed by atoms with Crippen molar-refractivity contribution in [2.24, 2.45) is 5.92 Å². The van der Waals surface area contributed by atoms with Crippen molar-refractivity contribution in [2.45, 2.75) is 38.6 Å². The van der Waals surface area contributed by atoms with Crippen molar-refractivity contribution in [1.29, 1.82) is 0 Å². The number of piperidine rings is 1. The lowest BCUT2D eigenvalue weighted by molar-refractivity contribution is -0.116. The minimum atomic E-state index is -0.0319. The van der Waals surface area contributed by atoms with Crippen molar-refractivity contribution >= 4 is 12.0 Å². The molecule has 0 spiro atoms. The predicted octanol–water partition coefficient (Wildman–Crippen LogP) is 4.29. The van der Waals surface area contributed by atoms with Gasteiger partial charge in [-0.2, -0.15) is 0 Å². The Morgan fingerprint density at radius 3 is 2.89 bits per heavy atom. The van der Waals surface area contributed by atoms with Crippen LogP contribution < -0.4 is 5.32 Å². The fraction of sp³-hybridized carbons (Fsp3) is 0.417. The second kappa shape index (κ2) is 11.4. The fourth-order valence-corrected chi connectivity index (χ4v) is 3.85. The SMILES string of the molecule is O=C(C=Cc1cccnc1)NCCCCC1CCCN(Cc2ccccc2)C1. The number of rotatable bonds is 9. The maximum Gasteiger partial charge on any atom is 0.243 e. The van der Waals surface area contributed by atoms with E-state index in [9.17, 15) is 4.79 Å². The molecule has 1 unspecified atom stereocenters. The summed E-state index contributed by atoms with van der Waals surface area (Å²) in [5.41, 5.74) is 2.35. The number of hydrogen-bond donors (Lipinski definition) is 1. The average molecular weight is 378 g/mol. The van der Waals surface area contributed by atoms with Gasteiger partial charge in [-0.05, 0) is 61.4 Å². The number of amides is 1. The molecule has 1 N–H and O–H groups in total. The predicted molar refractivity (Wildman–Crippen MR) is 115 cm³/mol. The first-order chi connectivity index (χ1) is 13.8. The minimum absolute atomic E-state index is 0.0319. The molecule has 0 aliphatic carbocycles. The van der Waals surface area contributed by atoms with Gasteiger partial charge in [-0.25, -0.2) is 0 Å². The summed E-state index contributed by atoms with van der Waals surface area (Å²) in [6.45, 7) is 4.23. The molecule has 0 bridgehead atoms.